The van der Waals surface area contributed by atoms with Crippen molar-refractivity contribution in [1.29, 1.82) is 0 Å². The first kappa shape index (κ1) is 23.7. The molecule has 0 aliphatic carbocycles. The molecule has 3 aromatic rings. The zero-order valence-corrected chi connectivity index (χ0v) is 21.6. The Kier molecular flexibility index (Phi) is 7.44. The number of amides is 1. The van der Waals surface area contributed by atoms with E-state index in [1.807, 2.05) is 24.3 Å². The molecule has 2 aliphatic rings. The number of carbonyl (C=O) groups excluding carboxylic acids is 1. The zero-order valence-electron chi connectivity index (χ0n) is 20.0. The van der Waals surface area contributed by atoms with E-state index in [0.29, 0.717) is 24.5 Å². The largest absolute Gasteiger partial charge is 0.373 e. The molecule has 1 aromatic carbocycles. The molecular weight excluding hydrogens is 462 g/mol. The Morgan fingerprint density at radius 3 is 2.47 bits per heavy atom. The molecule has 2 aromatic heterocycles. The van der Waals surface area contributed by atoms with Crippen LogP contribution >= 0.6 is 22.7 Å². The van der Waals surface area contributed by atoms with Gasteiger partial charge < -0.3 is 9.64 Å². The summed E-state index contributed by atoms with van der Waals surface area (Å²) in [6.07, 6.45) is 3.22. The van der Waals surface area contributed by atoms with E-state index in [2.05, 4.69) is 47.2 Å². The molecule has 1 amide bonds. The molecule has 0 saturated carbocycles. The van der Waals surface area contributed by atoms with Crippen molar-refractivity contribution in [1.82, 2.24) is 14.8 Å². The molecule has 2 saturated heterocycles. The SMILES string of the molecule is CC1CN(CC2CCN(C(=O)Cc3sc(-c4ccccc4)nc3-c3cccs3)CC2)CC(C)O1. The van der Waals surface area contributed by atoms with E-state index in [4.69, 9.17) is 9.72 Å². The van der Waals surface area contributed by atoms with E-state index in [0.717, 1.165) is 71.6 Å². The third kappa shape index (κ3) is 5.60. The second kappa shape index (κ2) is 10.7. The van der Waals surface area contributed by atoms with Gasteiger partial charge >= 0.3 is 0 Å². The molecule has 0 N–H and O–H groups in total. The van der Waals surface area contributed by atoms with Crippen LogP contribution in [0.4, 0.5) is 0 Å². The van der Waals surface area contributed by atoms with E-state index in [1.54, 1.807) is 22.7 Å². The highest BCUT2D eigenvalue weighted by molar-refractivity contribution is 7.17. The first-order valence-electron chi connectivity index (χ1n) is 12.3. The van der Waals surface area contributed by atoms with Crippen LogP contribution in [0.5, 0.6) is 0 Å². The molecule has 0 bridgehead atoms. The summed E-state index contributed by atoms with van der Waals surface area (Å²) in [7, 11) is 0. The van der Waals surface area contributed by atoms with Gasteiger partial charge in [-0.05, 0) is 44.1 Å². The standard InChI is InChI=1S/C27H33N3O2S2/c1-19-16-29(17-20(2)32-19)18-21-10-12-30(13-11-21)25(31)15-24-26(23-9-6-14-33-23)28-27(34-24)22-7-4-3-5-8-22/h3-9,14,19-21H,10-13,15-18H2,1-2H3. The number of carbonyl (C=O) groups is 1. The van der Waals surface area contributed by atoms with Gasteiger partial charge in [0.25, 0.3) is 0 Å². The van der Waals surface area contributed by atoms with Crippen molar-refractivity contribution >= 4 is 28.6 Å². The summed E-state index contributed by atoms with van der Waals surface area (Å²) in [5, 5.41) is 3.06. The number of nitrogens with zero attached hydrogens (tertiary/aromatic N) is 3. The lowest BCUT2D eigenvalue weighted by molar-refractivity contribution is -0.132. The van der Waals surface area contributed by atoms with Crippen molar-refractivity contribution < 1.29 is 9.53 Å². The maximum absolute atomic E-state index is 13.3. The summed E-state index contributed by atoms with van der Waals surface area (Å²) in [5.41, 5.74) is 2.08. The fourth-order valence-corrected chi connectivity index (χ4v) is 7.07. The number of hydrogen-bond acceptors (Lipinski definition) is 6. The predicted molar refractivity (Wildman–Crippen MR) is 140 cm³/mol. The van der Waals surface area contributed by atoms with Crippen LogP contribution in [-0.4, -0.2) is 65.6 Å². The monoisotopic (exact) mass is 495 g/mol. The number of aromatic nitrogens is 1. The highest BCUT2D eigenvalue weighted by atomic mass is 32.1. The lowest BCUT2D eigenvalue weighted by Gasteiger charge is -2.39. The quantitative estimate of drug-likeness (QED) is 0.458. The van der Waals surface area contributed by atoms with Crippen LogP contribution in [0.15, 0.2) is 47.8 Å². The Hall–Kier alpha value is -2.06. The maximum Gasteiger partial charge on any atom is 0.227 e. The molecule has 180 valence electrons. The first-order chi connectivity index (χ1) is 16.5. The average Bonchev–Trinajstić information content (AvgIpc) is 3.49. The van der Waals surface area contributed by atoms with E-state index in [-0.39, 0.29) is 5.91 Å². The molecule has 4 heterocycles. The molecule has 34 heavy (non-hydrogen) atoms. The van der Waals surface area contributed by atoms with Crippen molar-refractivity contribution in [3.05, 3.63) is 52.7 Å². The lowest BCUT2D eigenvalue weighted by Crippen LogP contribution is -2.48. The number of rotatable bonds is 6. The molecule has 2 aliphatic heterocycles. The highest BCUT2D eigenvalue weighted by Crippen LogP contribution is 2.36. The van der Waals surface area contributed by atoms with Gasteiger partial charge in [-0.1, -0.05) is 36.4 Å². The molecule has 0 spiro atoms. The van der Waals surface area contributed by atoms with Crippen LogP contribution in [0.1, 0.15) is 31.6 Å². The number of ether oxygens (including phenoxy) is 1. The van der Waals surface area contributed by atoms with Crippen LogP contribution in [0.3, 0.4) is 0 Å². The average molecular weight is 496 g/mol. The van der Waals surface area contributed by atoms with Gasteiger partial charge in [0.05, 0.1) is 29.2 Å². The Morgan fingerprint density at radius 2 is 1.79 bits per heavy atom. The van der Waals surface area contributed by atoms with Crippen molar-refractivity contribution in [2.24, 2.45) is 5.92 Å². The number of morpholine rings is 1. The van der Waals surface area contributed by atoms with E-state index in [1.165, 1.54) is 0 Å². The van der Waals surface area contributed by atoms with E-state index >= 15 is 0 Å². The summed E-state index contributed by atoms with van der Waals surface area (Å²) in [6, 6.07) is 14.4. The molecule has 5 rings (SSSR count). The molecule has 7 heteroatoms. The van der Waals surface area contributed by atoms with Gasteiger partial charge in [0, 0.05) is 43.2 Å². The number of piperidine rings is 1. The van der Waals surface area contributed by atoms with Crippen molar-refractivity contribution in [3.8, 4) is 21.1 Å². The minimum atomic E-state index is 0.230. The van der Waals surface area contributed by atoms with Crippen LogP contribution in [0.2, 0.25) is 0 Å². The zero-order chi connectivity index (χ0) is 23.5. The Bertz CT molecular complexity index is 1060. The van der Waals surface area contributed by atoms with Crippen molar-refractivity contribution in [3.63, 3.8) is 0 Å². The normalized spacial score (nSPS) is 22.2. The minimum Gasteiger partial charge on any atom is -0.373 e. The molecule has 2 fully saturated rings. The Balaban J connectivity index is 1.22. The highest BCUT2D eigenvalue weighted by Gasteiger charge is 2.29. The minimum absolute atomic E-state index is 0.230. The number of benzene rings is 1. The summed E-state index contributed by atoms with van der Waals surface area (Å²) < 4.78 is 5.88. The van der Waals surface area contributed by atoms with Gasteiger partial charge in [-0.15, -0.1) is 22.7 Å². The third-order valence-electron chi connectivity index (χ3n) is 6.76. The van der Waals surface area contributed by atoms with Crippen LogP contribution in [0, 0.1) is 5.92 Å². The van der Waals surface area contributed by atoms with Crippen LogP contribution in [-0.2, 0) is 16.0 Å². The first-order valence-corrected chi connectivity index (χ1v) is 14.0. The second-order valence-corrected chi connectivity index (χ2v) is 11.6. The Morgan fingerprint density at radius 1 is 1.06 bits per heavy atom. The summed E-state index contributed by atoms with van der Waals surface area (Å²) in [5.74, 6) is 0.893. The number of thiazole rings is 1. The molecule has 2 atom stereocenters. The van der Waals surface area contributed by atoms with Gasteiger partial charge in [0.1, 0.15) is 5.01 Å². The van der Waals surface area contributed by atoms with Crippen LogP contribution < -0.4 is 0 Å². The van der Waals surface area contributed by atoms with E-state index in [9.17, 15) is 4.79 Å². The maximum atomic E-state index is 13.3. The topological polar surface area (TPSA) is 45.7 Å². The lowest BCUT2D eigenvalue weighted by atomic mass is 9.95. The summed E-state index contributed by atoms with van der Waals surface area (Å²) in [6.45, 7) is 9.20. The second-order valence-electron chi connectivity index (χ2n) is 9.61. The van der Waals surface area contributed by atoms with Gasteiger partial charge in [-0.2, -0.15) is 0 Å². The fourth-order valence-electron chi connectivity index (χ4n) is 5.19. The Labute approximate surface area is 210 Å². The summed E-state index contributed by atoms with van der Waals surface area (Å²) >= 11 is 3.34. The van der Waals surface area contributed by atoms with Gasteiger partial charge in [0.15, 0.2) is 0 Å². The summed E-state index contributed by atoms with van der Waals surface area (Å²) in [4.78, 5) is 25.1. The molecular formula is C27H33N3O2S2. The third-order valence-corrected chi connectivity index (χ3v) is 8.74. The smallest absolute Gasteiger partial charge is 0.227 e. The van der Waals surface area contributed by atoms with Gasteiger partial charge in [-0.25, -0.2) is 4.98 Å². The van der Waals surface area contributed by atoms with Gasteiger partial charge in [0.2, 0.25) is 5.91 Å². The predicted octanol–water partition coefficient (Wildman–Crippen LogP) is 5.43. The number of hydrogen-bond donors (Lipinski definition) is 0. The van der Waals surface area contributed by atoms with Crippen LogP contribution in [0.25, 0.3) is 21.1 Å². The van der Waals surface area contributed by atoms with Crippen molar-refractivity contribution in [2.45, 2.75) is 45.3 Å². The molecule has 2 unspecified atom stereocenters. The number of thiophene rings is 1. The fraction of sp³-hybridized carbons (Fsp3) is 0.481. The van der Waals surface area contributed by atoms with E-state index < -0.39 is 0 Å². The molecule has 0 radical (unpaired) electrons. The van der Waals surface area contributed by atoms with Gasteiger partial charge in [-0.3, -0.25) is 9.69 Å². The number of likely N-dealkylation sites (tertiary alicyclic amines) is 1. The van der Waals surface area contributed by atoms with Crippen molar-refractivity contribution in [2.75, 3.05) is 32.7 Å². The molecule has 5 nitrogen and oxygen atoms in total.